The third-order valence-corrected chi connectivity index (χ3v) is 3.86. The lowest BCUT2D eigenvalue weighted by Crippen LogP contribution is -2.31. The predicted molar refractivity (Wildman–Crippen MR) is 63.7 cm³/mol. The first-order valence-electron chi connectivity index (χ1n) is 5.12. The Kier molecular flexibility index (Phi) is 4.45. The van der Waals surface area contributed by atoms with Gasteiger partial charge in [-0.25, -0.2) is 8.42 Å². The van der Waals surface area contributed by atoms with Crippen LogP contribution in [0.4, 0.5) is 0 Å². The van der Waals surface area contributed by atoms with Gasteiger partial charge in [0, 0.05) is 18.4 Å². The first-order valence-corrected chi connectivity index (χ1v) is 6.94. The van der Waals surface area contributed by atoms with Crippen LogP contribution in [0.3, 0.4) is 0 Å². The van der Waals surface area contributed by atoms with Crippen LogP contribution in [0.25, 0.3) is 0 Å². The Bertz CT molecular complexity index is 547. The first-order chi connectivity index (χ1) is 7.94. The van der Waals surface area contributed by atoms with Gasteiger partial charge in [-0.2, -0.15) is 0 Å². The number of nitrogens with one attached hydrogen (secondary N) is 2. The number of amides is 1. The van der Waals surface area contributed by atoms with E-state index in [9.17, 15) is 18.0 Å². The average Bonchev–Trinajstić information content (AvgIpc) is 2.28. The predicted octanol–water partition coefficient (Wildman–Crippen LogP) is -0.461. The van der Waals surface area contributed by atoms with Crippen molar-refractivity contribution in [2.24, 2.45) is 0 Å². The number of rotatable bonds is 5. The number of carbonyl (C=O) groups is 1. The van der Waals surface area contributed by atoms with E-state index >= 15 is 0 Å². The number of aromatic nitrogens is 1. The Morgan fingerprint density at radius 1 is 1.41 bits per heavy atom. The zero-order valence-corrected chi connectivity index (χ0v) is 10.2. The van der Waals surface area contributed by atoms with Crippen LogP contribution >= 0.6 is 0 Å². The Morgan fingerprint density at radius 2 is 2.12 bits per heavy atom. The summed E-state index contributed by atoms with van der Waals surface area (Å²) in [6.45, 7) is 1.58. The first kappa shape index (κ1) is 13.4. The van der Waals surface area contributed by atoms with Gasteiger partial charge in [-0.3, -0.25) is 9.59 Å². The van der Waals surface area contributed by atoms with E-state index in [1.807, 2.05) is 0 Å². The molecule has 6 nitrogen and oxygen atoms in total. The molecule has 1 heterocycles. The molecule has 0 fully saturated rings. The van der Waals surface area contributed by atoms with Gasteiger partial charge in [-0.05, 0) is 6.07 Å². The van der Waals surface area contributed by atoms with Gasteiger partial charge in [-0.1, -0.05) is 13.0 Å². The van der Waals surface area contributed by atoms with Crippen molar-refractivity contribution in [3.05, 3.63) is 34.2 Å². The Morgan fingerprint density at radius 3 is 2.71 bits per heavy atom. The lowest BCUT2D eigenvalue weighted by Gasteiger charge is -2.04. The number of pyridine rings is 1. The molecule has 1 aromatic heterocycles. The van der Waals surface area contributed by atoms with Gasteiger partial charge in [0.15, 0.2) is 9.84 Å². The number of carbonyl (C=O) groups excluding carboxylic acids is 1. The Balaban J connectivity index is 2.54. The second kappa shape index (κ2) is 5.62. The second-order valence-corrected chi connectivity index (χ2v) is 5.89. The van der Waals surface area contributed by atoms with E-state index in [2.05, 4.69) is 10.3 Å². The topological polar surface area (TPSA) is 96.1 Å². The highest BCUT2D eigenvalue weighted by Crippen LogP contribution is 1.91. The second-order valence-electron chi connectivity index (χ2n) is 3.42. The molecule has 0 saturated carbocycles. The summed E-state index contributed by atoms with van der Waals surface area (Å²) in [6.07, 6.45) is 0. The fraction of sp³-hybridized carbons (Fsp3) is 0.400. The number of hydrogen-bond acceptors (Lipinski definition) is 4. The van der Waals surface area contributed by atoms with Crippen molar-refractivity contribution in [1.29, 1.82) is 0 Å². The molecule has 0 aliphatic rings. The van der Waals surface area contributed by atoms with Gasteiger partial charge in [0.05, 0.1) is 5.75 Å². The van der Waals surface area contributed by atoms with Crippen molar-refractivity contribution in [2.45, 2.75) is 6.92 Å². The molecule has 1 rings (SSSR count). The fourth-order valence-electron chi connectivity index (χ4n) is 1.14. The summed E-state index contributed by atoms with van der Waals surface area (Å²) >= 11 is 0. The summed E-state index contributed by atoms with van der Waals surface area (Å²) < 4.78 is 22.3. The molecule has 1 aromatic rings. The van der Waals surface area contributed by atoms with E-state index in [1.54, 1.807) is 6.92 Å². The van der Waals surface area contributed by atoms with Gasteiger partial charge >= 0.3 is 0 Å². The molecule has 7 heteroatoms. The lowest BCUT2D eigenvalue weighted by atomic mass is 10.3. The molecule has 0 aliphatic heterocycles. The largest absolute Gasteiger partial charge is 0.350 e. The minimum Gasteiger partial charge on any atom is -0.350 e. The van der Waals surface area contributed by atoms with E-state index in [4.69, 9.17) is 0 Å². The van der Waals surface area contributed by atoms with Crippen LogP contribution in [0.2, 0.25) is 0 Å². The van der Waals surface area contributed by atoms with Crippen molar-refractivity contribution in [3.63, 3.8) is 0 Å². The Labute approximate surface area is 99.0 Å². The van der Waals surface area contributed by atoms with Crippen LogP contribution in [-0.4, -0.2) is 37.4 Å². The molecule has 17 heavy (non-hydrogen) atoms. The third kappa shape index (κ3) is 4.39. The van der Waals surface area contributed by atoms with Crippen LogP contribution in [0.1, 0.15) is 17.4 Å². The summed E-state index contributed by atoms with van der Waals surface area (Å²) in [5.41, 5.74) is -0.259. The van der Waals surface area contributed by atoms with Crippen molar-refractivity contribution in [2.75, 3.05) is 18.1 Å². The molecule has 0 saturated heterocycles. The number of hydrogen-bond donors (Lipinski definition) is 2. The maximum atomic E-state index is 11.5. The average molecular weight is 258 g/mol. The van der Waals surface area contributed by atoms with E-state index < -0.39 is 15.7 Å². The molecule has 0 aliphatic carbocycles. The molecule has 0 aromatic carbocycles. The summed E-state index contributed by atoms with van der Waals surface area (Å²) in [5, 5.41) is 2.43. The Hall–Kier alpha value is -1.63. The molecule has 1 amide bonds. The van der Waals surface area contributed by atoms with Gasteiger partial charge in [0.1, 0.15) is 5.69 Å². The standard InChI is InChI=1S/C10H14N2O4S/c1-2-17(15,16)7-6-11-10(14)8-4-3-5-9(13)12-8/h3-5H,2,6-7H2,1H3,(H,11,14)(H,12,13). The molecule has 0 bridgehead atoms. The highest BCUT2D eigenvalue weighted by atomic mass is 32.2. The highest BCUT2D eigenvalue weighted by molar-refractivity contribution is 7.91. The van der Waals surface area contributed by atoms with E-state index in [0.29, 0.717) is 0 Å². The third-order valence-electron chi connectivity index (χ3n) is 2.15. The summed E-state index contributed by atoms with van der Waals surface area (Å²) in [6, 6.07) is 4.19. The van der Waals surface area contributed by atoms with Gasteiger partial charge in [0.25, 0.3) is 5.91 Å². The zero-order chi connectivity index (χ0) is 12.9. The highest BCUT2D eigenvalue weighted by Gasteiger charge is 2.09. The van der Waals surface area contributed by atoms with Gasteiger partial charge < -0.3 is 10.3 Å². The molecule has 0 atom stereocenters. The molecule has 0 spiro atoms. The molecular weight excluding hydrogens is 244 g/mol. The van der Waals surface area contributed by atoms with Crippen LogP contribution in [0.5, 0.6) is 0 Å². The van der Waals surface area contributed by atoms with E-state index in [1.165, 1.54) is 18.2 Å². The van der Waals surface area contributed by atoms with Crippen LogP contribution < -0.4 is 10.9 Å². The number of H-pyrrole nitrogens is 1. The van der Waals surface area contributed by atoms with Crippen molar-refractivity contribution in [1.82, 2.24) is 10.3 Å². The molecule has 0 radical (unpaired) electrons. The van der Waals surface area contributed by atoms with Crippen molar-refractivity contribution < 1.29 is 13.2 Å². The zero-order valence-electron chi connectivity index (χ0n) is 9.39. The minimum absolute atomic E-state index is 0.0337. The van der Waals surface area contributed by atoms with E-state index in [-0.39, 0.29) is 29.3 Å². The summed E-state index contributed by atoms with van der Waals surface area (Å²) in [4.78, 5) is 24.8. The van der Waals surface area contributed by atoms with Crippen LogP contribution in [-0.2, 0) is 9.84 Å². The van der Waals surface area contributed by atoms with Crippen molar-refractivity contribution in [3.8, 4) is 0 Å². The fourth-order valence-corrected chi connectivity index (χ4v) is 1.84. The maximum absolute atomic E-state index is 11.5. The molecular formula is C10H14N2O4S. The maximum Gasteiger partial charge on any atom is 0.267 e. The van der Waals surface area contributed by atoms with Crippen LogP contribution in [0.15, 0.2) is 23.0 Å². The number of sulfone groups is 1. The van der Waals surface area contributed by atoms with Gasteiger partial charge in [-0.15, -0.1) is 0 Å². The minimum atomic E-state index is -3.09. The quantitative estimate of drug-likeness (QED) is 0.747. The summed E-state index contributed by atoms with van der Waals surface area (Å²) in [5.74, 6) is -0.550. The summed E-state index contributed by atoms with van der Waals surface area (Å²) in [7, 11) is -3.09. The molecule has 94 valence electrons. The van der Waals surface area contributed by atoms with Crippen molar-refractivity contribution >= 4 is 15.7 Å². The van der Waals surface area contributed by atoms with Crippen LogP contribution in [0, 0.1) is 0 Å². The monoisotopic (exact) mass is 258 g/mol. The molecule has 0 unspecified atom stereocenters. The van der Waals surface area contributed by atoms with E-state index in [0.717, 1.165) is 0 Å². The molecule has 2 N–H and O–H groups in total. The number of aromatic amines is 1. The van der Waals surface area contributed by atoms with Gasteiger partial charge in [0.2, 0.25) is 5.56 Å². The lowest BCUT2D eigenvalue weighted by molar-refractivity contribution is 0.0951. The normalized spacial score (nSPS) is 11.1. The SMILES string of the molecule is CCS(=O)(=O)CCNC(=O)c1cccc(=O)[nH]1. The smallest absolute Gasteiger partial charge is 0.267 e.